The third-order valence-corrected chi connectivity index (χ3v) is 1.34. The summed E-state index contributed by atoms with van der Waals surface area (Å²) in [6.07, 6.45) is 0.999. The molecule has 0 rings (SSSR count). The number of nitrogens with zero attached hydrogens (tertiary/aromatic N) is 1. The van der Waals surface area contributed by atoms with Crippen LogP contribution in [0.5, 0.6) is 0 Å². The normalized spacial score (nSPS) is 10.4. The summed E-state index contributed by atoms with van der Waals surface area (Å²) < 4.78 is 13.8. The molecule has 0 amide bonds. The Morgan fingerprint density at radius 3 is 2.00 bits per heavy atom. The van der Waals surface area contributed by atoms with Gasteiger partial charge in [0, 0.05) is 0 Å². The van der Waals surface area contributed by atoms with Crippen molar-refractivity contribution in [2.24, 2.45) is 4.99 Å². The van der Waals surface area contributed by atoms with Gasteiger partial charge in [0.1, 0.15) is 0 Å². The molecule has 0 spiro atoms. The van der Waals surface area contributed by atoms with E-state index in [-0.39, 0.29) is 13.2 Å². The number of rotatable bonds is 6. The lowest BCUT2D eigenvalue weighted by Gasteiger charge is -2.09. The van der Waals surface area contributed by atoms with E-state index in [4.69, 9.17) is 0 Å². The summed E-state index contributed by atoms with van der Waals surface area (Å²) in [5.74, 6) is -1.49. The Labute approximate surface area is 88.2 Å². The third kappa shape index (κ3) is 4.99. The molecule has 0 saturated heterocycles. The molecule has 0 saturated carbocycles. The van der Waals surface area contributed by atoms with Gasteiger partial charge in [-0.2, -0.15) is 0 Å². The van der Waals surface area contributed by atoms with E-state index < -0.39 is 18.0 Å². The zero-order chi connectivity index (χ0) is 11.7. The summed E-state index contributed by atoms with van der Waals surface area (Å²) in [6.45, 7) is 3.63. The Morgan fingerprint density at radius 2 is 1.67 bits per heavy atom. The van der Waals surface area contributed by atoms with Gasteiger partial charge < -0.3 is 14.2 Å². The predicted molar refractivity (Wildman–Crippen MR) is 52.6 cm³/mol. The molecule has 0 aliphatic rings. The largest absolute Gasteiger partial charge is 0.487 e. The van der Waals surface area contributed by atoms with Crippen LogP contribution in [0, 0.1) is 0 Å². The summed E-state index contributed by atoms with van der Waals surface area (Å²) in [4.78, 5) is 26.1. The second-order valence-corrected chi connectivity index (χ2v) is 2.40. The number of carbonyl (C=O) groups is 2. The van der Waals surface area contributed by atoms with Crippen molar-refractivity contribution in [2.75, 3.05) is 20.3 Å². The molecule has 0 N–H and O–H groups in total. The van der Waals surface area contributed by atoms with Crippen LogP contribution in [0.15, 0.2) is 4.99 Å². The third-order valence-electron chi connectivity index (χ3n) is 1.34. The second kappa shape index (κ2) is 7.78. The first-order valence-electron chi connectivity index (χ1n) is 4.55. The van der Waals surface area contributed by atoms with Crippen molar-refractivity contribution in [1.82, 2.24) is 0 Å². The Hall–Kier alpha value is -1.59. The summed E-state index contributed by atoms with van der Waals surface area (Å²) in [5.41, 5.74) is 0. The van der Waals surface area contributed by atoms with E-state index >= 15 is 0 Å². The summed E-state index contributed by atoms with van der Waals surface area (Å²) in [6, 6.07) is -1.30. The van der Waals surface area contributed by atoms with E-state index in [1.165, 1.54) is 7.11 Å². The average molecular weight is 217 g/mol. The van der Waals surface area contributed by atoms with Crippen LogP contribution in [-0.2, 0) is 23.8 Å². The molecule has 0 atom stereocenters. The highest BCUT2D eigenvalue weighted by Crippen LogP contribution is 1.99. The van der Waals surface area contributed by atoms with E-state index in [2.05, 4.69) is 19.2 Å². The van der Waals surface area contributed by atoms with Crippen molar-refractivity contribution < 1.29 is 23.8 Å². The molecule has 0 heterocycles. The molecule has 86 valence electrons. The van der Waals surface area contributed by atoms with Crippen molar-refractivity contribution in [2.45, 2.75) is 19.9 Å². The first kappa shape index (κ1) is 13.4. The summed E-state index contributed by atoms with van der Waals surface area (Å²) in [7, 11) is 1.36. The molecule has 0 unspecified atom stereocenters. The van der Waals surface area contributed by atoms with E-state index in [9.17, 15) is 9.59 Å². The summed E-state index contributed by atoms with van der Waals surface area (Å²) in [5, 5.41) is 0. The van der Waals surface area contributed by atoms with Gasteiger partial charge >= 0.3 is 11.9 Å². The van der Waals surface area contributed by atoms with E-state index in [1.807, 2.05) is 0 Å². The predicted octanol–water partition coefficient (Wildman–Crippen LogP) is 0.156. The van der Waals surface area contributed by atoms with Crippen molar-refractivity contribution in [1.29, 1.82) is 0 Å². The molecule has 0 radical (unpaired) electrons. The van der Waals surface area contributed by atoms with Crippen LogP contribution in [-0.4, -0.2) is 44.7 Å². The average Bonchev–Trinajstić information content (AvgIpc) is 2.19. The Balaban J connectivity index is 4.49. The van der Waals surface area contributed by atoms with E-state index in [0.717, 1.165) is 6.40 Å². The summed E-state index contributed by atoms with van der Waals surface area (Å²) >= 11 is 0. The quantitative estimate of drug-likeness (QED) is 0.274. The number of ether oxygens (including phenoxy) is 3. The first-order chi connectivity index (χ1) is 7.17. The standard InChI is InChI=1S/C9H15NO5/c1-4-14-8(11)7(10-6-13-3)9(12)15-5-2/h6-7H,4-5H2,1-3H3/b10-6+. The minimum atomic E-state index is -1.30. The first-order valence-corrected chi connectivity index (χ1v) is 4.55. The van der Waals surface area contributed by atoms with Gasteiger partial charge in [0.2, 0.25) is 6.04 Å². The SMILES string of the molecule is CCOC(=O)C(/N=C/OC)C(=O)OCC. The van der Waals surface area contributed by atoms with Crippen LogP contribution in [0.3, 0.4) is 0 Å². The van der Waals surface area contributed by atoms with Crippen LogP contribution in [0.2, 0.25) is 0 Å². The molecule has 0 aliphatic carbocycles. The zero-order valence-corrected chi connectivity index (χ0v) is 9.06. The van der Waals surface area contributed by atoms with Gasteiger partial charge in [-0.1, -0.05) is 0 Å². The molecule has 6 heteroatoms. The van der Waals surface area contributed by atoms with Crippen molar-refractivity contribution in [3.8, 4) is 0 Å². The maximum atomic E-state index is 11.3. The van der Waals surface area contributed by atoms with E-state index in [1.54, 1.807) is 13.8 Å². The van der Waals surface area contributed by atoms with E-state index in [0.29, 0.717) is 0 Å². The number of carbonyl (C=O) groups excluding carboxylic acids is 2. The number of esters is 2. The van der Waals surface area contributed by atoms with Crippen molar-refractivity contribution in [3.63, 3.8) is 0 Å². The molecule has 15 heavy (non-hydrogen) atoms. The monoisotopic (exact) mass is 217 g/mol. The number of hydrogen-bond acceptors (Lipinski definition) is 6. The molecule has 0 aromatic carbocycles. The Morgan fingerprint density at radius 1 is 1.20 bits per heavy atom. The topological polar surface area (TPSA) is 74.2 Å². The highest BCUT2D eigenvalue weighted by Gasteiger charge is 2.28. The van der Waals surface area contributed by atoms with Crippen LogP contribution < -0.4 is 0 Å². The van der Waals surface area contributed by atoms with Gasteiger partial charge in [0.25, 0.3) is 0 Å². The molecule has 0 aliphatic heterocycles. The van der Waals surface area contributed by atoms with Crippen LogP contribution >= 0.6 is 0 Å². The lowest BCUT2D eigenvalue weighted by atomic mass is 10.3. The molecule has 6 nitrogen and oxygen atoms in total. The van der Waals surface area contributed by atoms with Gasteiger partial charge in [-0.25, -0.2) is 14.6 Å². The second-order valence-electron chi connectivity index (χ2n) is 2.40. The van der Waals surface area contributed by atoms with Crippen LogP contribution in [0.1, 0.15) is 13.8 Å². The van der Waals surface area contributed by atoms with Gasteiger partial charge in [0.15, 0.2) is 6.40 Å². The van der Waals surface area contributed by atoms with Crippen LogP contribution in [0.25, 0.3) is 0 Å². The lowest BCUT2D eigenvalue weighted by Crippen LogP contribution is -2.32. The van der Waals surface area contributed by atoms with Gasteiger partial charge in [0.05, 0.1) is 20.3 Å². The Kier molecular flexibility index (Phi) is 6.96. The highest BCUT2D eigenvalue weighted by atomic mass is 16.6. The molecule has 0 fully saturated rings. The fraction of sp³-hybridized carbons (Fsp3) is 0.667. The van der Waals surface area contributed by atoms with Crippen LogP contribution in [0.4, 0.5) is 0 Å². The zero-order valence-electron chi connectivity index (χ0n) is 9.06. The lowest BCUT2D eigenvalue weighted by molar-refractivity contribution is -0.156. The maximum Gasteiger partial charge on any atom is 0.342 e. The highest BCUT2D eigenvalue weighted by molar-refractivity contribution is 6.00. The van der Waals surface area contributed by atoms with Crippen molar-refractivity contribution >= 4 is 18.3 Å². The van der Waals surface area contributed by atoms with Gasteiger partial charge in [-0.05, 0) is 13.8 Å². The number of methoxy groups -OCH3 is 1. The molecular formula is C9H15NO5. The van der Waals surface area contributed by atoms with Crippen molar-refractivity contribution in [3.05, 3.63) is 0 Å². The smallest absolute Gasteiger partial charge is 0.342 e. The maximum absolute atomic E-state index is 11.3. The fourth-order valence-electron chi connectivity index (χ4n) is 0.782. The van der Waals surface area contributed by atoms with Gasteiger partial charge in [-0.3, -0.25) is 0 Å². The minimum absolute atomic E-state index is 0.178. The molecule has 0 bridgehead atoms. The molecule has 0 aromatic rings. The van der Waals surface area contributed by atoms with Gasteiger partial charge in [-0.15, -0.1) is 0 Å². The molecule has 0 aromatic heterocycles. The fourth-order valence-corrected chi connectivity index (χ4v) is 0.782. The molecular weight excluding hydrogens is 202 g/mol. The Bertz CT molecular complexity index is 221. The minimum Gasteiger partial charge on any atom is -0.487 e. The number of aliphatic imine (C=N–C) groups is 1. The number of hydrogen-bond donors (Lipinski definition) is 0.